The van der Waals surface area contributed by atoms with E-state index < -0.39 is 0 Å². The SMILES string of the molecule is CCCCCOc1nc2ccc3cc([C@H](CN)CCCO)ccc3c2s1. The molecule has 1 aromatic heterocycles. The van der Waals surface area contributed by atoms with Gasteiger partial charge in [-0.25, -0.2) is 4.98 Å². The molecule has 0 aliphatic carbocycles. The molecule has 0 unspecified atom stereocenters. The van der Waals surface area contributed by atoms with Crippen molar-refractivity contribution in [2.45, 2.75) is 44.9 Å². The van der Waals surface area contributed by atoms with Gasteiger partial charge in [0.25, 0.3) is 5.19 Å². The zero-order chi connectivity index (χ0) is 18.4. The molecule has 1 atom stereocenters. The van der Waals surface area contributed by atoms with Gasteiger partial charge < -0.3 is 15.6 Å². The number of aliphatic hydroxyl groups excluding tert-OH is 1. The maximum Gasteiger partial charge on any atom is 0.274 e. The standard InChI is InChI=1S/C21H28N2O2S/c1-2-3-4-12-25-21-23-19-10-8-16-13-15(17(14-22)6-5-11-24)7-9-18(16)20(19)26-21/h7-10,13,17,24H,2-6,11-12,14,22H2,1H3/t17-/m0/s1. The zero-order valence-electron chi connectivity index (χ0n) is 15.4. The third-order valence-corrected chi connectivity index (χ3v) is 5.83. The molecule has 3 N–H and O–H groups in total. The van der Waals surface area contributed by atoms with Gasteiger partial charge >= 0.3 is 0 Å². The predicted octanol–water partition coefficient (Wildman–Crippen LogP) is 4.83. The number of ether oxygens (including phenoxy) is 1. The summed E-state index contributed by atoms with van der Waals surface area (Å²) in [4.78, 5) is 4.62. The monoisotopic (exact) mass is 372 g/mol. The molecule has 1 heterocycles. The Morgan fingerprint density at radius 2 is 2.08 bits per heavy atom. The molecule has 0 aliphatic heterocycles. The molecular formula is C21H28N2O2S. The second-order valence-corrected chi connectivity index (χ2v) is 7.69. The zero-order valence-corrected chi connectivity index (χ0v) is 16.2. The van der Waals surface area contributed by atoms with E-state index in [2.05, 4.69) is 42.2 Å². The summed E-state index contributed by atoms with van der Waals surface area (Å²) in [6, 6.07) is 10.8. The third kappa shape index (κ3) is 4.34. The van der Waals surface area contributed by atoms with Gasteiger partial charge in [0.05, 0.1) is 16.8 Å². The molecule has 5 heteroatoms. The normalized spacial score (nSPS) is 12.7. The lowest BCUT2D eigenvalue weighted by Crippen LogP contribution is -2.13. The number of benzene rings is 2. The number of unbranched alkanes of at least 4 members (excludes halogenated alkanes) is 2. The average molecular weight is 373 g/mol. The van der Waals surface area contributed by atoms with Gasteiger partial charge in [-0.05, 0) is 48.7 Å². The first-order chi connectivity index (χ1) is 12.8. The molecule has 26 heavy (non-hydrogen) atoms. The number of fused-ring (bicyclic) bond motifs is 3. The molecule has 0 amide bonds. The fourth-order valence-electron chi connectivity index (χ4n) is 3.30. The summed E-state index contributed by atoms with van der Waals surface area (Å²) in [7, 11) is 0. The summed E-state index contributed by atoms with van der Waals surface area (Å²) < 4.78 is 7.01. The molecule has 0 bridgehead atoms. The minimum Gasteiger partial charge on any atom is -0.470 e. The van der Waals surface area contributed by atoms with Crippen LogP contribution in [0.1, 0.15) is 50.5 Å². The molecule has 0 spiro atoms. The van der Waals surface area contributed by atoms with Crippen molar-refractivity contribution in [3.8, 4) is 5.19 Å². The molecule has 0 radical (unpaired) electrons. The van der Waals surface area contributed by atoms with Crippen molar-refractivity contribution >= 4 is 32.3 Å². The van der Waals surface area contributed by atoms with Crippen LogP contribution in [0.15, 0.2) is 30.3 Å². The number of nitrogens with zero attached hydrogens (tertiary/aromatic N) is 1. The van der Waals surface area contributed by atoms with E-state index in [1.54, 1.807) is 11.3 Å². The smallest absolute Gasteiger partial charge is 0.274 e. The first kappa shape index (κ1) is 19.1. The second kappa shape index (κ2) is 9.31. The van der Waals surface area contributed by atoms with Crippen LogP contribution in [0.3, 0.4) is 0 Å². The van der Waals surface area contributed by atoms with Crippen LogP contribution >= 0.6 is 11.3 Å². The van der Waals surface area contributed by atoms with Gasteiger partial charge in [-0.2, -0.15) is 0 Å². The van der Waals surface area contributed by atoms with Gasteiger partial charge in [0.2, 0.25) is 0 Å². The fourth-order valence-corrected chi connectivity index (χ4v) is 4.27. The molecule has 4 nitrogen and oxygen atoms in total. The van der Waals surface area contributed by atoms with Crippen molar-refractivity contribution in [3.05, 3.63) is 35.9 Å². The van der Waals surface area contributed by atoms with Crippen molar-refractivity contribution < 1.29 is 9.84 Å². The van der Waals surface area contributed by atoms with Gasteiger partial charge in [-0.1, -0.05) is 55.4 Å². The highest BCUT2D eigenvalue weighted by molar-refractivity contribution is 7.21. The highest BCUT2D eigenvalue weighted by atomic mass is 32.1. The van der Waals surface area contributed by atoms with Gasteiger partial charge in [-0.15, -0.1) is 0 Å². The van der Waals surface area contributed by atoms with Crippen molar-refractivity contribution in [3.63, 3.8) is 0 Å². The van der Waals surface area contributed by atoms with Crippen molar-refractivity contribution in [1.82, 2.24) is 4.98 Å². The van der Waals surface area contributed by atoms with E-state index in [1.807, 2.05) is 0 Å². The summed E-state index contributed by atoms with van der Waals surface area (Å²) in [5, 5.41) is 12.3. The lowest BCUT2D eigenvalue weighted by Gasteiger charge is -2.15. The van der Waals surface area contributed by atoms with Crippen LogP contribution in [-0.4, -0.2) is 29.8 Å². The Bertz CT molecular complexity index is 847. The molecule has 140 valence electrons. The number of thiazole rings is 1. The maximum absolute atomic E-state index is 9.08. The predicted molar refractivity (Wildman–Crippen MR) is 110 cm³/mol. The van der Waals surface area contributed by atoms with E-state index in [9.17, 15) is 0 Å². The van der Waals surface area contributed by atoms with E-state index >= 15 is 0 Å². The summed E-state index contributed by atoms with van der Waals surface area (Å²) in [6.45, 7) is 3.74. The van der Waals surface area contributed by atoms with Crippen LogP contribution in [0, 0.1) is 0 Å². The molecule has 0 saturated heterocycles. The Balaban J connectivity index is 1.85. The Morgan fingerprint density at radius 1 is 1.19 bits per heavy atom. The van der Waals surface area contributed by atoms with Gasteiger partial charge in [0, 0.05) is 12.0 Å². The molecule has 3 rings (SSSR count). The van der Waals surface area contributed by atoms with E-state index in [1.165, 1.54) is 33.9 Å². The highest BCUT2D eigenvalue weighted by Gasteiger charge is 2.13. The van der Waals surface area contributed by atoms with Crippen LogP contribution in [0.4, 0.5) is 0 Å². The second-order valence-electron chi connectivity index (χ2n) is 6.73. The Morgan fingerprint density at radius 3 is 2.85 bits per heavy atom. The maximum atomic E-state index is 9.08. The first-order valence-electron chi connectivity index (χ1n) is 9.53. The molecule has 3 aromatic rings. The number of aromatic nitrogens is 1. The Kier molecular flexibility index (Phi) is 6.83. The summed E-state index contributed by atoms with van der Waals surface area (Å²) in [5.74, 6) is 0.293. The Labute approximate surface area is 159 Å². The molecule has 0 aliphatic rings. The number of aliphatic hydroxyl groups is 1. The van der Waals surface area contributed by atoms with Crippen LogP contribution < -0.4 is 10.5 Å². The fraction of sp³-hybridized carbons (Fsp3) is 0.476. The quantitative estimate of drug-likeness (QED) is 0.500. The lowest BCUT2D eigenvalue weighted by molar-refractivity contribution is 0.280. The van der Waals surface area contributed by atoms with E-state index in [4.69, 9.17) is 15.6 Å². The minimum atomic E-state index is 0.215. The van der Waals surface area contributed by atoms with Gasteiger partial charge in [-0.3, -0.25) is 0 Å². The average Bonchev–Trinajstić information content (AvgIpc) is 3.09. The summed E-state index contributed by atoms with van der Waals surface area (Å²) in [6.07, 6.45) is 5.15. The number of nitrogens with two attached hydrogens (primary N) is 1. The summed E-state index contributed by atoms with van der Waals surface area (Å²) >= 11 is 1.63. The van der Waals surface area contributed by atoms with Crippen molar-refractivity contribution in [1.29, 1.82) is 0 Å². The van der Waals surface area contributed by atoms with Gasteiger partial charge in [0.15, 0.2) is 0 Å². The van der Waals surface area contributed by atoms with Crippen LogP contribution in [-0.2, 0) is 0 Å². The van der Waals surface area contributed by atoms with Crippen LogP contribution in [0.2, 0.25) is 0 Å². The van der Waals surface area contributed by atoms with Gasteiger partial charge in [0.1, 0.15) is 0 Å². The minimum absolute atomic E-state index is 0.215. The van der Waals surface area contributed by atoms with E-state index in [0.717, 1.165) is 36.6 Å². The molecule has 0 fully saturated rings. The third-order valence-electron chi connectivity index (χ3n) is 4.81. The number of rotatable bonds is 10. The topological polar surface area (TPSA) is 68.4 Å². The lowest BCUT2D eigenvalue weighted by atomic mass is 9.92. The van der Waals surface area contributed by atoms with Crippen molar-refractivity contribution in [2.24, 2.45) is 5.73 Å². The first-order valence-corrected chi connectivity index (χ1v) is 10.4. The molecule has 0 saturated carbocycles. The van der Waals surface area contributed by atoms with Crippen LogP contribution in [0.5, 0.6) is 5.19 Å². The molecule has 2 aromatic carbocycles. The highest BCUT2D eigenvalue weighted by Crippen LogP contribution is 2.35. The Hall–Kier alpha value is -1.69. The van der Waals surface area contributed by atoms with E-state index in [0.29, 0.717) is 12.5 Å². The van der Waals surface area contributed by atoms with Crippen LogP contribution in [0.25, 0.3) is 21.0 Å². The number of hydrogen-bond donors (Lipinski definition) is 2. The number of hydrogen-bond acceptors (Lipinski definition) is 5. The largest absolute Gasteiger partial charge is 0.470 e. The summed E-state index contributed by atoms with van der Waals surface area (Å²) in [5.41, 5.74) is 8.19. The van der Waals surface area contributed by atoms with Crippen molar-refractivity contribution in [2.75, 3.05) is 19.8 Å². The van der Waals surface area contributed by atoms with E-state index in [-0.39, 0.29) is 6.61 Å². The molecular weight excluding hydrogens is 344 g/mol.